The smallest absolute Gasteiger partial charge is 0.339 e. The van der Waals surface area contributed by atoms with Gasteiger partial charge in [0.05, 0.1) is 21.7 Å². The van der Waals surface area contributed by atoms with Gasteiger partial charge < -0.3 is 25.2 Å². The van der Waals surface area contributed by atoms with Crippen LogP contribution in [0.3, 0.4) is 0 Å². The van der Waals surface area contributed by atoms with Crippen LogP contribution in [-0.4, -0.2) is 46.8 Å². The Balaban J connectivity index is 1.93. The second kappa shape index (κ2) is 8.88. The van der Waals surface area contributed by atoms with Crippen molar-refractivity contribution in [3.8, 4) is 17.2 Å². The topological polar surface area (TPSA) is 188 Å². The van der Waals surface area contributed by atoms with Gasteiger partial charge in [-0.05, 0) is 54.6 Å². The number of benzene rings is 3. The lowest BCUT2D eigenvalue weighted by Gasteiger charge is -2.13. The number of carboxylic acids is 3. The Bertz CT molecular complexity index is 1380. The summed E-state index contributed by atoms with van der Waals surface area (Å²) < 4.78 is 32.9. The molecule has 12 heteroatoms. The van der Waals surface area contributed by atoms with E-state index in [1.54, 1.807) is 0 Å². The third kappa shape index (κ3) is 5.19. The molecule has 0 fully saturated rings. The molecule has 3 aromatic rings. The Morgan fingerprint density at radius 3 is 2.06 bits per heavy atom. The molecule has 0 aliphatic heterocycles. The molecule has 0 amide bonds. The molecule has 3 rings (SSSR count). The number of anilines is 1. The summed E-state index contributed by atoms with van der Waals surface area (Å²) in [7, 11) is -4.42. The largest absolute Gasteiger partial charge is 0.507 e. The number of sulfonamides is 1. The van der Waals surface area contributed by atoms with Crippen LogP contribution in [0.4, 0.5) is 5.69 Å². The van der Waals surface area contributed by atoms with Crippen LogP contribution in [0, 0.1) is 0 Å². The van der Waals surface area contributed by atoms with Gasteiger partial charge in [0, 0.05) is 0 Å². The number of nitrogens with one attached hydrogen (secondary N) is 1. The molecule has 5 N–H and O–H groups in total. The van der Waals surface area contributed by atoms with Gasteiger partial charge in [0.15, 0.2) is 0 Å². The summed E-state index contributed by atoms with van der Waals surface area (Å²) in [5, 5.41) is 37.2. The molecule has 3 aromatic carbocycles. The lowest BCUT2D eigenvalue weighted by Crippen LogP contribution is -2.16. The van der Waals surface area contributed by atoms with E-state index in [0.29, 0.717) is 0 Å². The molecule has 0 aliphatic carbocycles. The first-order valence-electron chi connectivity index (χ1n) is 8.95. The van der Waals surface area contributed by atoms with Crippen LogP contribution in [0.1, 0.15) is 31.1 Å². The first kappa shape index (κ1) is 23.1. The SMILES string of the molecule is O=C(O)c1cccc(Oc2ccc(NS(=O)(=O)c3ccc(O)c(C(=O)O)c3)c(C(=O)O)c2)c1. The third-order valence-corrected chi connectivity index (χ3v) is 5.65. The quantitative estimate of drug-likeness (QED) is 0.325. The molecule has 0 atom stereocenters. The van der Waals surface area contributed by atoms with Crippen molar-refractivity contribution in [2.45, 2.75) is 4.90 Å². The molecular formula is C21H15NO10S. The van der Waals surface area contributed by atoms with Crippen molar-refractivity contribution in [1.29, 1.82) is 0 Å². The van der Waals surface area contributed by atoms with E-state index in [1.807, 2.05) is 0 Å². The number of ether oxygens (including phenoxy) is 1. The van der Waals surface area contributed by atoms with Crippen molar-refractivity contribution in [3.05, 3.63) is 77.4 Å². The van der Waals surface area contributed by atoms with Crippen LogP contribution in [0.15, 0.2) is 65.6 Å². The Labute approximate surface area is 186 Å². The summed E-state index contributed by atoms with van der Waals surface area (Å²) in [6, 6.07) is 11.4. The van der Waals surface area contributed by atoms with Gasteiger partial charge in [-0.3, -0.25) is 4.72 Å². The average molecular weight is 473 g/mol. The molecule has 33 heavy (non-hydrogen) atoms. The van der Waals surface area contributed by atoms with Gasteiger partial charge in [0.25, 0.3) is 10.0 Å². The van der Waals surface area contributed by atoms with Crippen LogP contribution < -0.4 is 9.46 Å². The molecule has 0 bridgehead atoms. The number of aromatic hydroxyl groups is 1. The number of phenols is 1. The average Bonchev–Trinajstić information content (AvgIpc) is 2.74. The zero-order valence-corrected chi connectivity index (χ0v) is 17.2. The Morgan fingerprint density at radius 1 is 0.758 bits per heavy atom. The number of hydrogen-bond donors (Lipinski definition) is 5. The summed E-state index contributed by atoms with van der Waals surface area (Å²) in [6.45, 7) is 0. The van der Waals surface area contributed by atoms with Crippen molar-refractivity contribution >= 4 is 33.6 Å². The highest BCUT2D eigenvalue weighted by Gasteiger charge is 2.22. The van der Waals surface area contributed by atoms with Crippen LogP contribution >= 0.6 is 0 Å². The normalized spacial score (nSPS) is 10.9. The molecule has 0 saturated heterocycles. The van der Waals surface area contributed by atoms with Crippen molar-refractivity contribution in [3.63, 3.8) is 0 Å². The van der Waals surface area contributed by atoms with E-state index in [4.69, 9.17) is 14.9 Å². The van der Waals surface area contributed by atoms with E-state index in [2.05, 4.69) is 4.72 Å². The van der Waals surface area contributed by atoms with Crippen molar-refractivity contribution in [2.24, 2.45) is 0 Å². The van der Waals surface area contributed by atoms with Gasteiger partial charge in [-0.1, -0.05) is 6.07 Å². The number of carboxylic acid groups (broad SMARTS) is 3. The molecule has 0 unspecified atom stereocenters. The third-order valence-electron chi connectivity index (χ3n) is 4.29. The van der Waals surface area contributed by atoms with Crippen LogP contribution in [-0.2, 0) is 10.0 Å². The van der Waals surface area contributed by atoms with E-state index < -0.39 is 49.7 Å². The summed E-state index contributed by atoms with van der Waals surface area (Å²) in [6.07, 6.45) is 0. The second-order valence-corrected chi connectivity index (χ2v) is 8.22. The minimum atomic E-state index is -4.42. The first-order valence-corrected chi connectivity index (χ1v) is 10.4. The van der Waals surface area contributed by atoms with Crippen molar-refractivity contribution in [2.75, 3.05) is 4.72 Å². The fourth-order valence-electron chi connectivity index (χ4n) is 2.74. The fraction of sp³-hybridized carbons (Fsp3) is 0. The summed E-state index contributed by atoms with van der Waals surface area (Å²) in [5.41, 5.74) is -1.52. The highest BCUT2D eigenvalue weighted by Crippen LogP contribution is 2.29. The van der Waals surface area contributed by atoms with Crippen LogP contribution in [0.5, 0.6) is 17.2 Å². The fourth-order valence-corrected chi connectivity index (χ4v) is 3.84. The lowest BCUT2D eigenvalue weighted by atomic mass is 10.1. The van der Waals surface area contributed by atoms with Crippen LogP contribution in [0.25, 0.3) is 0 Å². The van der Waals surface area contributed by atoms with Gasteiger partial charge in [0.1, 0.15) is 22.8 Å². The summed E-state index contributed by atoms with van der Waals surface area (Å²) in [4.78, 5) is 33.4. The van der Waals surface area contributed by atoms with E-state index in [0.717, 1.165) is 30.3 Å². The minimum Gasteiger partial charge on any atom is -0.507 e. The molecule has 0 heterocycles. The number of aromatic carboxylic acids is 3. The van der Waals surface area contributed by atoms with Gasteiger partial charge >= 0.3 is 17.9 Å². The monoisotopic (exact) mass is 473 g/mol. The lowest BCUT2D eigenvalue weighted by molar-refractivity contribution is 0.0683. The molecule has 0 saturated carbocycles. The van der Waals surface area contributed by atoms with Crippen LogP contribution in [0.2, 0.25) is 0 Å². The van der Waals surface area contributed by atoms with Gasteiger partial charge in [-0.15, -0.1) is 0 Å². The maximum Gasteiger partial charge on any atom is 0.339 e. The molecule has 11 nitrogen and oxygen atoms in total. The van der Waals surface area contributed by atoms with Gasteiger partial charge in [-0.2, -0.15) is 0 Å². The van der Waals surface area contributed by atoms with E-state index in [-0.39, 0.29) is 22.7 Å². The maximum absolute atomic E-state index is 12.7. The number of rotatable bonds is 8. The molecule has 170 valence electrons. The second-order valence-electron chi connectivity index (χ2n) is 6.54. The Morgan fingerprint density at radius 2 is 1.42 bits per heavy atom. The zero-order valence-electron chi connectivity index (χ0n) is 16.4. The standard InChI is InChI=1S/C21H15NO10S/c23-18-7-5-14(10-16(18)21(28)29)33(30,31)22-17-6-4-13(9-15(17)20(26)27)32-12-3-1-2-11(8-12)19(24)25/h1-10,22-23H,(H,24,25)(H,26,27)(H,28,29). The number of carbonyl (C=O) groups is 3. The van der Waals surface area contributed by atoms with Crippen molar-refractivity contribution in [1.82, 2.24) is 0 Å². The summed E-state index contributed by atoms with van der Waals surface area (Å²) in [5.74, 6) is -4.75. The van der Waals surface area contributed by atoms with Gasteiger partial charge in [-0.25, -0.2) is 22.8 Å². The Kier molecular flexibility index (Phi) is 6.22. The number of hydrogen-bond acceptors (Lipinski definition) is 7. The van der Waals surface area contributed by atoms with E-state index in [1.165, 1.54) is 30.3 Å². The highest BCUT2D eigenvalue weighted by atomic mass is 32.2. The van der Waals surface area contributed by atoms with Crippen molar-refractivity contribution < 1.29 is 48.0 Å². The molecular weight excluding hydrogens is 458 g/mol. The molecule has 0 aliphatic rings. The van der Waals surface area contributed by atoms with E-state index >= 15 is 0 Å². The Hall–Kier alpha value is -4.58. The molecule has 0 spiro atoms. The highest BCUT2D eigenvalue weighted by molar-refractivity contribution is 7.92. The predicted molar refractivity (Wildman–Crippen MR) is 113 cm³/mol. The minimum absolute atomic E-state index is 0.00400. The summed E-state index contributed by atoms with van der Waals surface area (Å²) >= 11 is 0. The first-order chi connectivity index (χ1) is 15.5. The molecule has 0 radical (unpaired) electrons. The maximum atomic E-state index is 12.7. The van der Waals surface area contributed by atoms with Gasteiger partial charge in [0.2, 0.25) is 0 Å². The zero-order chi connectivity index (χ0) is 24.3. The van der Waals surface area contributed by atoms with E-state index in [9.17, 15) is 33.0 Å². The molecule has 0 aromatic heterocycles. The predicted octanol–water partition coefficient (Wildman–Crippen LogP) is 3.08.